The van der Waals surface area contributed by atoms with Crippen LogP contribution >= 0.6 is 0 Å². The zero-order valence-corrected chi connectivity index (χ0v) is 6.79. The fourth-order valence-corrected chi connectivity index (χ4v) is 1.28. The molecule has 0 aromatic carbocycles. The fraction of sp³-hybridized carbons (Fsp3) is 0.222. The van der Waals surface area contributed by atoms with Crippen LogP contribution in [0.2, 0.25) is 0 Å². The molecule has 0 fully saturated rings. The molecule has 2 aromatic rings. The quantitative estimate of drug-likeness (QED) is 0.630. The SMILES string of the molecule is CCc1cnn2cc(F)ccc12. The van der Waals surface area contributed by atoms with Crippen LogP contribution in [0, 0.1) is 5.82 Å². The molecule has 0 aliphatic rings. The molecule has 0 saturated heterocycles. The molecular formula is C9H9FN2. The van der Waals surface area contributed by atoms with Crippen molar-refractivity contribution in [2.24, 2.45) is 0 Å². The number of rotatable bonds is 1. The van der Waals surface area contributed by atoms with Gasteiger partial charge in [0.05, 0.1) is 17.9 Å². The Kier molecular flexibility index (Phi) is 1.57. The molecule has 0 amide bonds. The van der Waals surface area contributed by atoms with Gasteiger partial charge in [-0.3, -0.25) is 0 Å². The highest BCUT2D eigenvalue weighted by Crippen LogP contribution is 2.11. The van der Waals surface area contributed by atoms with Crippen molar-refractivity contribution in [3.05, 3.63) is 35.9 Å². The molecule has 2 heterocycles. The van der Waals surface area contributed by atoms with Gasteiger partial charge in [0.2, 0.25) is 0 Å². The van der Waals surface area contributed by atoms with Crippen molar-refractivity contribution in [3.63, 3.8) is 0 Å². The molecule has 2 aromatic heterocycles. The molecule has 62 valence electrons. The highest BCUT2D eigenvalue weighted by Gasteiger charge is 2.01. The number of hydrogen-bond donors (Lipinski definition) is 0. The van der Waals surface area contributed by atoms with E-state index >= 15 is 0 Å². The Morgan fingerprint density at radius 3 is 3.08 bits per heavy atom. The second kappa shape index (κ2) is 2.59. The number of pyridine rings is 1. The van der Waals surface area contributed by atoms with Crippen LogP contribution < -0.4 is 0 Å². The van der Waals surface area contributed by atoms with Gasteiger partial charge in [-0.2, -0.15) is 5.10 Å². The van der Waals surface area contributed by atoms with Crippen LogP contribution in [0.5, 0.6) is 0 Å². The van der Waals surface area contributed by atoms with Gasteiger partial charge in [-0.15, -0.1) is 0 Å². The van der Waals surface area contributed by atoms with Crippen molar-refractivity contribution in [1.82, 2.24) is 9.61 Å². The Morgan fingerprint density at radius 1 is 1.50 bits per heavy atom. The Hall–Kier alpha value is -1.38. The lowest BCUT2D eigenvalue weighted by Gasteiger charge is -1.94. The first kappa shape index (κ1) is 7.28. The van der Waals surface area contributed by atoms with Crippen molar-refractivity contribution in [3.8, 4) is 0 Å². The van der Waals surface area contributed by atoms with E-state index in [0.29, 0.717) is 0 Å². The van der Waals surface area contributed by atoms with Gasteiger partial charge in [-0.05, 0) is 24.1 Å². The lowest BCUT2D eigenvalue weighted by Crippen LogP contribution is -1.88. The monoisotopic (exact) mass is 164 g/mol. The van der Waals surface area contributed by atoms with E-state index in [0.717, 1.165) is 17.5 Å². The van der Waals surface area contributed by atoms with Gasteiger partial charge in [0.25, 0.3) is 0 Å². The maximum absolute atomic E-state index is 12.7. The van der Waals surface area contributed by atoms with Crippen LogP contribution in [0.25, 0.3) is 5.52 Å². The molecule has 0 atom stereocenters. The summed E-state index contributed by atoms with van der Waals surface area (Å²) in [6.07, 6.45) is 4.08. The number of aromatic nitrogens is 2. The number of fused-ring (bicyclic) bond motifs is 1. The molecule has 0 aliphatic carbocycles. The fourth-order valence-electron chi connectivity index (χ4n) is 1.28. The first-order valence-corrected chi connectivity index (χ1v) is 3.93. The van der Waals surface area contributed by atoms with Gasteiger partial charge < -0.3 is 0 Å². The average molecular weight is 164 g/mol. The summed E-state index contributed by atoms with van der Waals surface area (Å²) >= 11 is 0. The van der Waals surface area contributed by atoms with Crippen LogP contribution in [-0.2, 0) is 6.42 Å². The van der Waals surface area contributed by atoms with Crippen LogP contribution in [0.15, 0.2) is 24.5 Å². The number of hydrogen-bond acceptors (Lipinski definition) is 1. The van der Waals surface area contributed by atoms with E-state index in [9.17, 15) is 4.39 Å². The summed E-state index contributed by atoms with van der Waals surface area (Å²) in [7, 11) is 0. The largest absolute Gasteiger partial charge is 0.238 e. The normalized spacial score (nSPS) is 10.8. The Bertz CT molecular complexity index is 406. The van der Waals surface area contributed by atoms with Gasteiger partial charge in [-0.25, -0.2) is 8.91 Å². The van der Waals surface area contributed by atoms with Crippen LogP contribution in [-0.4, -0.2) is 9.61 Å². The van der Waals surface area contributed by atoms with E-state index in [1.807, 2.05) is 0 Å². The van der Waals surface area contributed by atoms with Crippen molar-refractivity contribution >= 4 is 5.52 Å². The van der Waals surface area contributed by atoms with E-state index < -0.39 is 0 Å². The molecule has 0 spiro atoms. The molecule has 0 unspecified atom stereocenters. The molecule has 0 saturated carbocycles. The maximum Gasteiger partial charge on any atom is 0.141 e. The lowest BCUT2D eigenvalue weighted by molar-refractivity contribution is 0.615. The summed E-state index contributed by atoms with van der Waals surface area (Å²) in [6, 6.07) is 3.21. The molecule has 0 radical (unpaired) electrons. The van der Waals surface area contributed by atoms with Gasteiger partial charge in [-0.1, -0.05) is 6.92 Å². The minimum atomic E-state index is -0.256. The zero-order chi connectivity index (χ0) is 8.55. The summed E-state index contributed by atoms with van der Waals surface area (Å²) in [5.41, 5.74) is 2.13. The second-order valence-electron chi connectivity index (χ2n) is 2.70. The zero-order valence-electron chi connectivity index (χ0n) is 6.79. The Morgan fingerprint density at radius 2 is 2.33 bits per heavy atom. The summed E-state index contributed by atoms with van der Waals surface area (Å²) in [5.74, 6) is -0.256. The van der Waals surface area contributed by atoms with E-state index in [2.05, 4.69) is 12.0 Å². The maximum atomic E-state index is 12.7. The molecule has 2 nitrogen and oxygen atoms in total. The predicted molar refractivity (Wildman–Crippen MR) is 44.5 cm³/mol. The van der Waals surface area contributed by atoms with Crippen LogP contribution in [0.4, 0.5) is 4.39 Å². The topological polar surface area (TPSA) is 17.3 Å². The third-order valence-corrected chi connectivity index (χ3v) is 1.94. The molecule has 0 N–H and O–H groups in total. The summed E-state index contributed by atoms with van der Waals surface area (Å²) in [5, 5.41) is 4.03. The molecule has 12 heavy (non-hydrogen) atoms. The number of nitrogens with zero attached hydrogens (tertiary/aromatic N) is 2. The lowest BCUT2D eigenvalue weighted by atomic mass is 10.2. The molecule has 3 heteroatoms. The van der Waals surface area contributed by atoms with Crippen molar-refractivity contribution < 1.29 is 4.39 Å². The van der Waals surface area contributed by atoms with Crippen molar-refractivity contribution in [2.45, 2.75) is 13.3 Å². The first-order chi connectivity index (χ1) is 5.81. The summed E-state index contributed by atoms with van der Waals surface area (Å²) in [6.45, 7) is 2.06. The van der Waals surface area contributed by atoms with E-state index in [4.69, 9.17) is 0 Å². The smallest absolute Gasteiger partial charge is 0.141 e. The summed E-state index contributed by atoms with van der Waals surface area (Å²) < 4.78 is 14.3. The highest BCUT2D eigenvalue weighted by atomic mass is 19.1. The Labute approximate surface area is 69.6 Å². The minimum Gasteiger partial charge on any atom is -0.238 e. The molecule has 0 bridgehead atoms. The second-order valence-corrected chi connectivity index (χ2v) is 2.70. The summed E-state index contributed by atoms with van der Waals surface area (Å²) in [4.78, 5) is 0. The number of aryl methyl sites for hydroxylation is 1. The highest BCUT2D eigenvalue weighted by molar-refractivity contribution is 5.53. The van der Waals surface area contributed by atoms with Gasteiger partial charge in [0.1, 0.15) is 5.82 Å². The molecule has 2 rings (SSSR count). The number of halogens is 1. The third-order valence-electron chi connectivity index (χ3n) is 1.94. The Balaban J connectivity index is 2.73. The van der Waals surface area contributed by atoms with Gasteiger partial charge >= 0.3 is 0 Å². The molecular weight excluding hydrogens is 155 g/mol. The average Bonchev–Trinajstić information content (AvgIpc) is 2.46. The third kappa shape index (κ3) is 0.978. The molecule has 0 aliphatic heterocycles. The van der Waals surface area contributed by atoms with Crippen molar-refractivity contribution in [1.29, 1.82) is 0 Å². The van der Waals surface area contributed by atoms with E-state index in [-0.39, 0.29) is 5.82 Å². The first-order valence-electron chi connectivity index (χ1n) is 3.93. The minimum absolute atomic E-state index is 0.256. The predicted octanol–water partition coefficient (Wildman–Crippen LogP) is 2.04. The standard InChI is InChI=1S/C9H9FN2/c1-2-7-5-11-12-6-8(10)3-4-9(7)12/h3-6H,2H2,1H3. The van der Waals surface area contributed by atoms with Gasteiger partial charge in [0.15, 0.2) is 0 Å². The van der Waals surface area contributed by atoms with Gasteiger partial charge in [0, 0.05) is 0 Å². The van der Waals surface area contributed by atoms with E-state index in [1.54, 1.807) is 16.8 Å². The van der Waals surface area contributed by atoms with Crippen molar-refractivity contribution in [2.75, 3.05) is 0 Å². The van der Waals surface area contributed by atoms with E-state index in [1.165, 1.54) is 12.3 Å². The van der Waals surface area contributed by atoms with Crippen LogP contribution in [0.3, 0.4) is 0 Å². The van der Waals surface area contributed by atoms with Crippen LogP contribution in [0.1, 0.15) is 12.5 Å².